The van der Waals surface area contributed by atoms with Gasteiger partial charge in [0.25, 0.3) is 5.92 Å². The Morgan fingerprint density at radius 1 is 1.13 bits per heavy atom. The largest absolute Gasteiger partial charge is 0.490 e. The maximum absolute atomic E-state index is 12.6. The third-order valence-electron chi connectivity index (χ3n) is 3.39. The summed E-state index contributed by atoms with van der Waals surface area (Å²) in [5, 5.41) is 0. The van der Waals surface area contributed by atoms with Gasteiger partial charge in [-0.3, -0.25) is 0 Å². The fourth-order valence-corrected chi connectivity index (χ4v) is 1.66. The SMILES string of the molecule is CC1(C)OB(C2=CC(F)(F)C2)OC1(C)C. The van der Waals surface area contributed by atoms with E-state index in [1.54, 1.807) is 0 Å². The van der Waals surface area contributed by atoms with Crippen LogP contribution in [0.4, 0.5) is 8.78 Å². The molecule has 0 spiro atoms. The van der Waals surface area contributed by atoms with Crippen LogP contribution >= 0.6 is 0 Å². The van der Waals surface area contributed by atoms with Crippen molar-refractivity contribution in [2.24, 2.45) is 0 Å². The lowest BCUT2D eigenvalue weighted by molar-refractivity contribution is 0.00578. The van der Waals surface area contributed by atoms with Crippen LogP contribution in [0.2, 0.25) is 0 Å². The molecule has 1 aliphatic carbocycles. The van der Waals surface area contributed by atoms with Gasteiger partial charge in [0.05, 0.1) is 11.2 Å². The van der Waals surface area contributed by atoms with E-state index in [-0.39, 0.29) is 6.42 Å². The Morgan fingerprint density at radius 3 is 1.87 bits per heavy atom. The van der Waals surface area contributed by atoms with Crippen LogP contribution in [0.5, 0.6) is 0 Å². The molecule has 0 bridgehead atoms. The lowest BCUT2D eigenvalue weighted by Gasteiger charge is -2.32. The minimum atomic E-state index is -2.67. The summed E-state index contributed by atoms with van der Waals surface area (Å²) in [5.41, 5.74) is -0.356. The van der Waals surface area contributed by atoms with Gasteiger partial charge in [-0.25, -0.2) is 8.78 Å². The lowest BCUT2D eigenvalue weighted by atomic mass is 9.68. The third kappa shape index (κ3) is 1.72. The van der Waals surface area contributed by atoms with E-state index in [4.69, 9.17) is 9.31 Å². The number of hydrogen-bond acceptors (Lipinski definition) is 2. The van der Waals surface area contributed by atoms with Gasteiger partial charge in [-0.2, -0.15) is 0 Å². The first-order valence-electron chi connectivity index (χ1n) is 5.08. The fourth-order valence-electron chi connectivity index (χ4n) is 1.66. The van der Waals surface area contributed by atoms with Crippen LogP contribution in [-0.4, -0.2) is 24.2 Å². The highest BCUT2D eigenvalue weighted by molar-refractivity contribution is 6.55. The van der Waals surface area contributed by atoms with Gasteiger partial charge in [0.15, 0.2) is 0 Å². The lowest BCUT2D eigenvalue weighted by Crippen LogP contribution is -2.41. The van der Waals surface area contributed by atoms with Gasteiger partial charge in [-0.05, 0) is 39.2 Å². The molecule has 15 heavy (non-hydrogen) atoms. The summed E-state index contributed by atoms with van der Waals surface area (Å²) < 4.78 is 36.6. The van der Waals surface area contributed by atoms with E-state index in [1.165, 1.54) is 0 Å². The van der Waals surface area contributed by atoms with Gasteiger partial charge < -0.3 is 9.31 Å². The summed E-state index contributed by atoms with van der Waals surface area (Å²) in [6, 6.07) is 0. The molecule has 2 nitrogen and oxygen atoms in total. The Morgan fingerprint density at radius 2 is 1.53 bits per heavy atom. The average molecular weight is 216 g/mol. The summed E-state index contributed by atoms with van der Waals surface area (Å²) in [7, 11) is -0.602. The zero-order valence-electron chi connectivity index (χ0n) is 9.43. The highest BCUT2D eigenvalue weighted by atomic mass is 19.3. The van der Waals surface area contributed by atoms with Gasteiger partial charge in [0.2, 0.25) is 0 Å². The first-order chi connectivity index (χ1) is 6.63. The van der Waals surface area contributed by atoms with Gasteiger partial charge in [-0.15, -0.1) is 0 Å². The van der Waals surface area contributed by atoms with Crippen molar-refractivity contribution < 1.29 is 18.1 Å². The molecule has 0 unspecified atom stereocenters. The van der Waals surface area contributed by atoms with Crippen molar-refractivity contribution in [3.05, 3.63) is 11.5 Å². The van der Waals surface area contributed by atoms with Crippen molar-refractivity contribution in [3.63, 3.8) is 0 Å². The van der Waals surface area contributed by atoms with Gasteiger partial charge >= 0.3 is 7.12 Å². The summed E-state index contributed by atoms with van der Waals surface area (Å²) in [4.78, 5) is 0. The minimum absolute atomic E-state index is 0.246. The van der Waals surface area contributed by atoms with Crippen LogP contribution in [0.3, 0.4) is 0 Å². The zero-order valence-corrected chi connectivity index (χ0v) is 9.43. The topological polar surface area (TPSA) is 18.5 Å². The van der Waals surface area contributed by atoms with Crippen molar-refractivity contribution in [2.45, 2.75) is 51.2 Å². The highest BCUT2D eigenvalue weighted by Gasteiger charge is 2.55. The molecule has 5 heteroatoms. The molecule has 0 N–H and O–H groups in total. The summed E-state index contributed by atoms with van der Waals surface area (Å²) in [5.74, 6) is -2.67. The van der Waals surface area contributed by atoms with Crippen molar-refractivity contribution in [3.8, 4) is 0 Å². The predicted molar refractivity (Wildman–Crippen MR) is 53.7 cm³/mol. The molecule has 2 aliphatic rings. The van der Waals surface area contributed by atoms with Crippen molar-refractivity contribution in [1.82, 2.24) is 0 Å². The smallest absolute Gasteiger partial charge is 0.400 e. The standard InChI is InChI=1S/C10H15BF2O2/c1-8(2)9(3,4)15-11(14-8)7-5-10(12,13)6-7/h5H,6H2,1-4H3. The van der Waals surface area contributed by atoms with E-state index in [0.717, 1.165) is 6.08 Å². The number of hydrogen-bond donors (Lipinski definition) is 0. The van der Waals surface area contributed by atoms with Crippen molar-refractivity contribution in [1.29, 1.82) is 0 Å². The van der Waals surface area contributed by atoms with Crippen LogP contribution in [-0.2, 0) is 9.31 Å². The van der Waals surface area contributed by atoms with Gasteiger partial charge in [0.1, 0.15) is 0 Å². The molecule has 0 atom stereocenters. The molecule has 1 aliphatic heterocycles. The quantitative estimate of drug-likeness (QED) is 0.627. The summed E-state index contributed by atoms with van der Waals surface area (Å²) in [6.07, 6.45) is 0.693. The second kappa shape index (κ2) is 2.83. The molecule has 2 rings (SSSR count). The molecule has 0 amide bonds. The predicted octanol–water partition coefficient (Wildman–Crippen LogP) is 2.58. The van der Waals surface area contributed by atoms with Gasteiger partial charge in [0, 0.05) is 6.42 Å². The van der Waals surface area contributed by atoms with Crippen LogP contribution in [0.1, 0.15) is 34.1 Å². The molecule has 84 valence electrons. The number of halogens is 2. The summed E-state index contributed by atoms with van der Waals surface area (Å²) >= 11 is 0. The van der Waals surface area contributed by atoms with E-state index >= 15 is 0 Å². The maximum Gasteiger partial charge on any atom is 0.490 e. The number of alkyl halides is 2. The molecule has 0 radical (unpaired) electrons. The first kappa shape index (κ1) is 11.1. The van der Waals surface area contributed by atoms with Crippen molar-refractivity contribution in [2.75, 3.05) is 0 Å². The molecular formula is C10H15BF2O2. The Labute approximate surface area is 88.8 Å². The zero-order chi connectivity index (χ0) is 11.5. The number of rotatable bonds is 1. The van der Waals surface area contributed by atoms with E-state index in [1.807, 2.05) is 27.7 Å². The van der Waals surface area contributed by atoms with Crippen LogP contribution in [0.15, 0.2) is 11.5 Å². The van der Waals surface area contributed by atoms with Crippen LogP contribution in [0.25, 0.3) is 0 Å². The third-order valence-corrected chi connectivity index (χ3v) is 3.39. The van der Waals surface area contributed by atoms with E-state index < -0.39 is 24.2 Å². The molecule has 1 fully saturated rings. The Bertz CT molecular complexity index is 307. The maximum atomic E-state index is 12.6. The number of allylic oxidation sites excluding steroid dienone is 2. The van der Waals surface area contributed by atoms with E-state index in [9.17, 15) is 8.78 Å². The normalized spacial score (nSPS) is 31.1. The van der Waals surface area contributed by atoms with Gasteiger partial charge in [-0.1, -0.05) is 0 Å². The minimum Gasteiger partial charge on any atom is -0.400 e. The second-order valence-corrected chi connectivity index (χ2v) is 5.25. The molecule has 1 saturated heterocycles. The Balaban J connectivity index is 2.12. The second-order valence-electron chi connectivity index (χ2n) is 5.25. The fraction of sp³-hybridized carbons (Fsp3) is 0.800. The van der Waals surface area contributed by atoms with E-state index in [0.29, 0.717) is 5.47 Å². The molecule has 0 aromatic heterocycles. The Kier molecular flexibility index (Phi) is 2.09. The molecule has 0 saturated carbocycles. The van der Waals surface area contributed by atoms with Crippen molar-refractivity contribution >= 4 is 7.12 Å². The average Bonchev–Trinajstić information content (AvgIpc) is 2.16. The first-order valence-corrected chi connectivity index (χ1v) is 5.08. The Hall–Kier alpha value is -0.415. The van der Waals surface area contributed by atoms with Crippen LogP contribution < -0.4 is 0 Å². The summed E-state index contributed by atoms with van der Waals surface area (Å²) in [6.45, 7) is 7.63. The molecule has 0 aromatic carbocycles. The molecular weight excluding hydrogens is 201 g/mol. The highest BCUT2D eigenvalue weighted by Crippen LogP contribution is 2.44. The van der Waals surface area contributed by atoms with Crippen LogP contribution in [0, 0.1) is 0 Å². The monoisotopic (exact) mass is 216 g/mol. The molecule has 1 heterocycles. The molecule has 0 aromatic rings. The van der Waals surface area contributed by atoms with E-state index in [2.05, 4.69) is 0 Å².